The summed E-state index contributed by atoms with van der Waals surface area (Å²) in [6.07, 6.45) is -3.38. The Morgan fingerprint density at radius 2 is 1.43 bits per heavy atom. The number of hydrogen-bond acceptors (Lipinski definition) is 22. The Morgan fingerprint density at radius 3 is 2.08 bits per heavy atom. The van der Waals surface area contributed by atoms with E-state index in [4.69, 9.17) is 30.1 Å². The Balaban J connectivity index is 0.981. The lowest BCUT2D eigenvalue weighted by Crippen LogP contribution is -2.52. The van der Waals surface area contributed by atoms with Gasteiger partial charge in [0.1, 0.15) is 54.9 Å². The first-order chi connectivity index (χ1) is 41.1. The Hall–Kier alpha value is -6.99. The van der Waals surface area contributed by atoms with E-state index in [1.54, 1.807) is 0 Å². The molecule has 0 spiro atoms. The molecule has 472 valence electrons. The Bertz CT molecular complexity index is 3370. The fourth-order valence-corrected chi connectivity index (χ4v) is 14.0. The molecule has 6 rings (SSSR count). The second-order valence-corrected chi connectivity index (χ2v) is 26.0. The van der Waals surface area contributed by atoms with Crippen molar-refractivity contribution >= 4 is 110 Å². The quantitative estimate of drug-likeness (QED) is 0.0140. The number of ether oxygens (including phenoxy) is 2. The molecular formula is C49H60N9O24P3S2. The number of carbonyl (C=O) groups excluding carboxylic acids is 5. The lowest BCUT2D eigenvalue weighted by atomic mass is 9.98. The molecule has 4 aromatic rings. The molecule has 6 unspecified atom stereocenters. The van der Waals surface area contributed by atoms with Gasteiger partial charge in [-0.1, -0.05) is 88.4 Å². The predicted molar refractivity (Wildman–Crippen MR) is 305 cm³/mol. The first-order valence-electron chi connectivity index (χ1n) is 26.0. The van der Waals surface area contributed by atoms with Crippen LogP contribution in [0, 0.1) is 11.8 Å². The number of aliphatic carboxylic acids is 3. The molecule has 0 saturated carbocycles. The van der Waals surface area contributed by atoms with Gasteiger partial charge in [-0.3, -0.25) is 33.3 Å². The Labute approximate surface area is 501 Å². The van der Waals surface area contributed by atoms with Crippen LogP contribution in [0.3, 0.4) is 0 Å². The maximum absolute atomic E-state index is 13.6. The van der Waals surface area contributed by atoms with Gasteiger partial charge in [0, 0.05) is 49.4 Å². The van der Waals surface area contributed by atoms with Crippen LogP contribution in [0.4, 0.5) is 10.6 Å². The number of carbonyl (C=O) groups is 8. The molecule has 8 atom stereocenters. The Morgan fingerprint density at radius 1 is 0.759 bits per heavy atom. The molecule has 5 amide bonds. The van der Waals surface area contributed by atoms with Crippen LogP contribution in [0.1, 0.15) is 80.2 Å². The average molecular weight is 1320 g/mol. The molecule has 3 heterocycles. The van der Waals surface area contributed by atoms with Crippen molar-refractivity contribution in [1.82, 2.24) is 41.1 Å². The van der Waals surface area contributed by atoms with Gasteiger partial charge in [-0.15, -0.1) is 0 Å². The molecule has 33 nitrogen and oxygen atoms in total. The number of nitrogens with two attached hydrogens (primary N) is 1. The number of anilines is 1. The van der Waals surface area contributed by atoms with Gasteiger partial charge >= 0.3 is 47.5 Å². The van der Waals surface area contributed by atoms with E-state index in [-0.39, 0.29) is 85.2 Å². The van der Waals surface area contributed by atoms with Crippen molar-refractivity contribution in [3.63, 3.8) is 0 Å². The summed E-state index contributed by atoms with van der Waals surface area (Å²) in [5, 5.41) is 50.7. The number of nitrogen functional groups attached to an aromatic ring is 1. The van der Waals surface area contributed by atoms with Crippen LogP contribution < -0.4 is 32.3 Å². The van der Waals surface area contributed by atoms with Gasteiger partial charge in [-0.25, -0.2) is 33.3 Å². The summed E-state index contributed by atoms with van der Waals surface area (Å²) in [4.78, 5) is 144. The highest BCUT2D eigenvalue weighted by Crippen LogP contribution is 2.66. The second kappa shape index (κ2) is 31.8. The zero-order chi connectivity index (χ0) is 63.6. The highest BCUT2D eigenvalue weighted by atomic mass is 33.1. The van der Waals surface area contributed by atoms with Gasteiger partial charge in [0.2, 0.25) is 23.6 Å². The molecule has 1 fully saturated rings. The molecule has 1 aliphatic heterocycles. The summed E-state index contributed by atoms with van der Waals surface area (Å²) < 4.78 is 59.9. The molecular weight excluding hydrogens is 1260 g/mol. The van der Waals surface area contributed by atoms with Gasteiger partial charge in [0.25, 0.3) is 0 Å². The van der Waals surface area contributed by atoms with E-state index in [0.717, 1.165) is 28.6 Å². The number of benzene rings is 2. The number of aliphatic hydroxyl groups is 1. The third kappa shape index (κ3) is 21.4. The maximum atomic E-state index is 13.6. The number of aliphatic hydroxyl groups excluding tert-OH is 1. The standard InChI is InChI=1S/C49H60N9O24P3S2/c50-44-43-27(22-58(45(43)54-26-53-44)40-21-36(59)37(80-40)24-79-84(74,75)82-85(76,77)81-83(71,72)73)9-8-17-51-38(60)15-18-86-87-25-35(57-49(70)78-23-32-30-12-5-3-10-28(30)29-11-4-6-13-31(29)32)46(66)52-16-7-1-2-14-39(61)55-33(19-41(62)63)47(67)56-34(48(68)69)20-42(64)65/h3-6,10-13,22,26,32-37,40,59H,1-2,7,14-21,23-25H2,(H,51,60)(H,52,66)(H,55,61)(H,56,67)(H,57,70)(H,62,63)(H,64,65)(H,68,69)(H,74,75)(H,76,77)(H2,50,53,54)(H2,71,72,73)/t33?,34?,35?,36?,37-,40-/m1/s1. The minimum atomic E-state index is -5.80. The van der Waals surface area contributed by atoms with Crippen molar-refractivity contribution in [2.75, 3.05) is 43.5 Å². The number of carboxylic acids is 3. The number of unbranched alkanes of at least 4 members (excludes halogenated alkanes) is 2. The van der Waals surface area contributed by atoms with E-state index in [1.165, 1.54) is 32.4 Å². The lowest BCUT2D eigenvalue weighted by Gasteiger charge is -2.20. The number of alkyl carbamates (subject to hydrolysis) is 1. The third-order valence-electron chi connectivity index (χ3n) is 12.7. The van der Waals surface area contributed by atoms with Crippen molar-refractivity contribution < 1.29 is 115 Å². The molecule has 15 N–H and O–H groups in total. The first kappa shape index (κ1) is 69.1. The van der Waals surface area contributed by atoms with Crippen LogP contribution in [-0.2, 0) is 69.9 Å². The molecule has 2 aliphatic rings. The smallest absolute Gasteiger partial charge is 0.481 e. The zero-order valence-electron chi connectivity index (χ0n) is 45.4. The van der Waals surface area contributed by atoms with Gasteiger partial charge in [0.15, 0.2) is 0 Å². The van der Waals surface area contributed by atoms with E-state index < -0.39 is 127 Å². The fraction of sp³-hybridized carbons (Fsp3) is 0.429. The summed E-state index contributed by atoms with van der Waals surface area (Å²) in [6, 6.07) is 10.7. The minimum Gasteiger partial charge on any atom is -0.481 e. The molecule has 0 radical (unpaired) electrons. The first-order valence-corrected chi connectivity index (χ1v) is 33.0. The average Bonchev–Trinajstić information content (AvgIpc) is 1.66. The number of fused-ring (bicyclic) bond motifs is 4. The normalized spacial score (nSPS) is 17.8. The largest absolute Gasteiger partial charge is 0.490 e. The van der Waals surface area contributed by atoms with Gasteiger partial charge in [-0.05, 0) is 35.1 Å². The topological polar surface area (TPSA) is 513 Å². The number of amides is 5. The number of carboxylic acid groups (broad SMARTS) is 3. The molecule has 1 aliphatic carbocycles. The highest BCUT2D eigenvalue weighted by molar-refractivity contribution is 8.76. The van der Waals surface area contributed by atoms with Crippen LogP contribution in [0.25, 0.3) is 22.2 Å². The van der Waals surface area contributed by atoms with Crippen LogP contribution in [-0.4, -0.2) is 170 Å². The summed E-state index contributed by atoms with van der Waals surface area (Å²) in [5.41, 5.74) is 10.6. The molecule has 2 aromatic heterocycles. The molecule has 38 heteroatoms. The number of hydrogen-bond donors (Lipinski definition) is 14. The van der Waals surface area contributed by atoms with Crippen LogP contribution in [0.15, 0.2) is 61.1 Å². The monoisotopic (exact) mass is 1320 g/mol. The van der Waals surface area contributed by atoms with E-state index in [0.29, 0.717) is 12.8 Å². The number of phosphoric ester groups is 1. The lowest BCUT2D eigenvalue weighted by molar-refractivity contribution is -0.148. The van der Waals surface area contributed by atoms with Gasteiger partial charge in [0.05, 0.1) is 43.0 Å². The number of nitrogens with zero attached hydrogens (tertiary/aromatic N) is 3. The van der Waals surface area contributed by atoms with Gasteiger partial charge < -0.3 is 86.4 Å². The SMILES string of the molecule is Nc1ncnc2c1c(C#CCNC(=O)CCSSCC(NC(=O)OCC1c3ccccc3-c3ccccc31)C(=O)NCCCCCC(=O)NC(CC(=O)O)C(=O)NC(CC(=O)O)C(=O)O)cn2[C@H]1CC(O)[C@@H](COP(=O)(O)OP(=O)(O)OP(=O)(O)O)O1. The molecule has 1 saturated heterocycles. The second-order valence-electron chi connectivity index (χ2n) is 19.0. The van der Waals surface area contributed by atoms with E-state index in [9.17, 15) is 77.2 Å². The van der Waals surface area contributed by atoms with Crippen molar-refractivity contribution in [1.29, 1.82) is 0 Å². The van der Waals surface area contributed by atoms with E-state index in [2.05, 4.69) is 56.2 Å². The predicted octanol–water partition coefficient (Wildman–Crippen LogP) is 1.83. The summed E-state index contributed by atoms with van der Waals surface area (Å²) in [7, 11) is -14.5. The maximum Gasteiger partial charge on any atom is 0.490 e. The summed E-state index contributed by atoms with van der Waals surface area (Å²) in [5.74, 6) is -1.93. The van der Waals surface area contributed by atoms with Crippen molar-refractivity contribution in [3.05, 3.63) is 77.7 Å². The fourth-order valence-electron chi connectivity index (χ4n) is 8.79. The highest BCUT2D eigenvalue weighted by Gasteiger charge is 2.43. The number of nitrogens with one attached hydrogen (secondary N) is 5. The van der Waals surface area contributed by atoms with E-state index >= 15 is 0 Å². The summed E-state index contributed by atoms with van der Waals surface area (Å²) >= 11 is 0. The minimum absolute atomic E-state index is 0.00407. The molecule has 2 aromatic carbocycles. The number of aromatic nitrogens is 3. The molecule has 87 heavy (non-hydrogen) atoms. The van der Waals surface area contributed by atoms with Crippen molar-refractivity contribution in [2.45, 2.75) is 93.8 Å². The third-order valence-corrected chi connectivity index (χ3v) is 18.9. The van der Waals surface area contributed by atoms with Crippen molar-refractivity contribution in [2.24, 2.45) is 0 Å². The van der Waals surface area contributed by atoms with Crippen LogP contribution in [0.5, 0.6) is 0 Å². The van der Waals surface area contributed by atoms with Gasteiger partial charge in [-0.2, -0.15) is 8.62 Å². The molecule has 0 bridgehead atoms. The number of phosphoric acid groups is 3. The summed E-state index contributed by atoms with van der Waals surface area (Å²) in [6.45, 7) is -1.00. The van der Waals surface area contributed by atoms with Crippen molar-refractivity contribution in [3.8, 4) is 23.0 Å². The van der Waals surface area contributed by atoms with Crippen LogP contribution >= 0.6 is 45.1 Å². The zero-order valence-corrected chi connectivity index (χ0v) is 49.7. The van der Waals surface area contributed by atoms with Crippen LogP contribution in [0.2, 0.25) is 0 Å². The Kier molecular flexibility index (Phi) is 25.2. The number of rotatable bonds is 33. The van der Waals surface area contributed by atoms with E-state index in [1.807, 2.05) is 53.8 Å².